The summed E-state index contributed by atoms with van der Waals surface area (Å²) in [6.45, 7) is 0.561. The number of aromatic nitrogens is 3. The van der Waals surface area contributed by atoms with Crippen LogP contribution in [-0.4, -0.2) is 26.8 Å². The fourth-order valence-corrected chi connectivity index (χ4v) is 2.74. The van der Waals surface area contributed by atoms with E-state index in [1.807, 2.05) is 18.3 Å². The van der Waals surface area contributed by atoms with E-state index in [-0.39, 0.29) is 18.1 Å². The molecule has 0 spiro atoms. The number of amides is 1. The van der Waals surface area contributed by atoms with Crippen LogP contribution in [0.1, 0.15) is 24.4 Å². The third-order valence-electron chi connectivity index (χ3n) is 3.52. The lowest BCUT2D eigenvalue weighted by Gasteiger charge is -2.12. The van der Waals surface area contributed by atoms with Crippen molar-refractivity contribution in [1.29, 1.82) is 0 Å². The van der Waals surface area contributed by atoms with Gasteiger partial charge in [-0.05, 0) is 33.6 Å². The smallest absolute Gasteiger partial charge is 0.223 e. The first-order valence-electron chi connectivity index (χ1n) is 7.09. The molecule has 2 aromatic heterocycles. The summed E-state index contributed by atoms with van der Waals surface area (Å²) in [5.74, 6) is 0.00120. The Labute approximate surface area is 136 Å². The van der Waals surface area contributed by atoms with Gasteiger partial charge < -0.3 is 5.32 Å². The zero-order chi connectivity index (χ0) is 15.4. The molecule has 7 nitrogen and oxygen atoms in total. The van der Waals surface area contributed by atoms with Gasteiger partial charge >= 0.3 is 0 Å². The molecule has 1 fully saturated rings. The minimum atomic E-state index is -0.0741. The highest BCUT2D eigenvalue weighted by Gasteiger charge is 2.25. The fourth-order valence-electron chi connectivity index (χ4n) is 2.41. The number of carbonyl (C=O) groups excluding carboxylic acids is 1. The number of pyridine rings is 1. The maximum atomic E-state index is 12.0. The predicted octanol–water partition coefficient (Wildman–Crippen LogP) is 1.11. The van der Waals surface area contributed by atoms with Crippen LogP contribution in [0.25, 0.3) is 0 Å². The van der Waals surface area contributed by atoms with Gasteiger partial charge in [0, 0.05) is 44.0 Å². The predicted molar refractivity (Wildman–Crippen MR) is 84.3 cm³/mol. The maximum absolute atomic E-state index is 12.0. The van der Waals surface area contributed by atoms with Gasteiger partial charge in [-0.2, -0.15) is 5.10 Å². The van der Waals surface area contributed by atoms with E-state index in [0.29, 0.717) is 13.0 Å². The van der Waals surface area contributed by atoms with Gasteiger partial charge in [0.25, 0.3) is 0 Å². The second kappa shape index (κ2) is 6.99. The molecular weight excluding hydrogens is 348 g/mol. The standard InChI is InChI=1S/C14H17BrN6O/c15-11-8-17-21(9-11)6-3-14(22)18-13-7-12(19-20-13)10-1-4-16-5-2-10/h1-2,4-5,8-9,12-13,19-20H,3,6-7H2,(H,18,22). The first kappa shape index (κ1) is 15.1. The molecule has 0 aromatic carbocycles. The summed E-state index contributed by atoms with van der Waals surface area (Å²) in [4.78, 5) is 16.0. The van der Waals surface area contributed by atoms with Crippen molar-refractivity contribution in [1.82, 2.24) is 30.9 Å². The Kier molecular flexibility index (Phi) is 4.81. The molecule has 0 bridgehead atoms. The number of carbonyl (C=O) groups is 1. The zero-order valence-corrected chi connectivity index (χ0v) is 13.5. The van der Waals surface area contributed by atoms with Gasteiger partial charge in [-0.15, -0.1) is 0 Å². The van der Waals surface area contributed by atoms with Gasteiger partial charge in [0.05, 0.1) is 16.8 Å². The molecule has 3 heterocycles. The molecular formula is C14H17BrN6O. The largest absolute Gasteiger partial charge is 0.339 e. The van der Waals surface area contributed by atoms with Crippen molar-refractivity contribution in [2.45, 2.75) is 31.6 Å². The second-order valence-corrected chi connectivity index (χ2v) is 6.06. The number of hydrazine groups is 1. The molecule has 2 unspecified atom stereocenters. The molecule has 0 saturated carbocycles. The highest BCUT2D eigenvalue weighted by atomic mass is 79.9. The summed E-state index contributed by atoms with van der Waals surface area (Å²) >= 11 is 3.33. The van der Waals surface area contributed by atoms with Crippen molar-refractivity contribution in [3.8, 4) is 0 Å². The summed E-state index contributed by atoms with van der Waals surface area (Å²) in [5, 5.41) is 7.10. The normalized spacial score (nSPS) is 21.0. The zero-order valence-electron chi connectivity index (χ0n) is 11.9. The first-order chi connectivity index (χ1) is 10.7. The SMILES string of the molecule is O=C(CCn1cc(Br)cn1)NC1CC(c2ccncc2)NN1. The number of halogens is 1. The summed E-state index contributed by atoms with van der Waals surface area (Å²) in [6.07, 6.45) is 8.21. The molecule has 2 atom stereocenters. The Morgan fingerprint density at radius 2 is 2.23 bits per heavy atom. The molecule has 3 rings (SSSR count). The lowest BCUT2D eigenvalue weighted by molar-refractivity contribution is -0.122. The minimum absolute atomic E-state index is 0.00120. The summed E-state index contributed by atoms with van der Waals surface area (Å²) in [5.41, 5.74) is 7.45. The second-order valence-electron chi connectivity index (χ2n) is 5.15. The monoisotopic (exact) mass is 364 g/mol. The molecule has 1 aliphatic rings. The molecule has 116 valence electrons. The number of nitrogens with one attached hydrogen (secondary N) is 3. The van der Waals surface area contributed by atoms with Crippen LogP contribution in [0.4, 0.5) is 0 Å². The van der Waals surface area contributed by atoms with Gasteiger partial charge in [0.15, 0.2) is 0 Å². The topological polar surface area (TPSA) is 83.9 Å². The van der Waals surface area contributed by atoms with Crippen LogP contribution < -0.4 is 16.2 Å². The van der Waals surface area contributed by atoms with E-state index in [0.717, 1.165) is 16.5 Å². The first-order valence-corrected chi connectivity index (χ1v) is 7.88. The average molecular weight is 365 g/mol. The van der Waals surface area contributed by atoms with Crippen LogP contribution in [0.2, 0.25) is 0 Å². The molecule has 1 amide bonds. The lowest BCUT2D eigenvalue weighted by Crippen LogP contribution is -2.44. The average Bonchev–Trinajstić information content (AvgIpc) is 3.15. The molecule has 0 radical (unpaired) electrons. The van der Waals surface area contributed by atoms with E-state index < -0.39 is 0 Å². The van der Waals surface area contributed by atoms with Crippen molar-refractivity contribution in [2.75, 3.05) is 0 Å². The quantitative estimate of drug-likeness (QED) is 0.740. The van der Waals surface area contributed by atoms with Crippen LogP contribution in [0.15, 0.2) is 41.4 Å². The van der Waals surface area contributed by atoms with Gasteiger partial charge in [-0.3, -0.25) is 14.5 Å². The van der Waals surface area contributed by atoms with Gasteiger partial charge in [-0.1, -0.05) is 0 Å². The third kappa shape index (κ3) is 3.90. The summed E-state index contributed by atoms with van der Waals surface area (Å²) in [6, 6.07) is 4.12. The minimum Gasteiger partial charge on any atom is -0.339 e. The van der Waals surface area contributed by atoms with Crippen LogP contribution in [0, 0.1) is 0 Å². The number of aryl methyl sites for hydroxylation is 1. The van der Waals surface area contributed by atoms with Gasteiger partial charge in [0.1, 0.15) is 0 Å². The highest BCUT2D eigenvalue weighted by molar-refractivity contribution is 9.10. The number of nitrogens with zero attached hydrogens (tertiary/aromatic N) is 3. The van der Waals surface area contributed by atoms with Crippen molar-refractivity contribution in [3.63, 3.8) is 0 Å². The van der Waals surface area contributed by atoms with E-state index in [1.54, 1.807) is 23.3 Å². The molecule has 8 heteroatoms. The number of hydrogen-bond donors (Lipinski definition) is 3. The Hall–Kier alpha value is -1.77. The Morgan fingerprint density at radius 1 is 1.41 bits per heavy atom. The molecule has 1 saturated heterocycles. The Morgan fingerprint density at radius 3 is 2.95 bits per heavy atom. The van der Waals surface area contributed by atoms with E-state index in [1.165, 1.54) is 0 Å². The fraction of sp³-hybridized carbons (Fsp3) is 0.357. The maximum Gasteiger partial charge on any atom is 0.223 e. The molecule has 0 aliphatic carbocycles. The summed E-state index contributed by atoms with van der Waals surface area (Å²) < 4.78 is 2.65. The van der Waals surface area contributed by atoms with Crippen molar-refractivity contribution >= 4 is 21.8 Å². The van der Waals surface area contributed by atoms with E-state index >= 15 is 0 Å². The Balaban J connectivity index is 1.45. The van der Waals surface area contributed by atoms with E-state index in [4.69, 9.17) is 0 Å². The number of hydrogen-bond acceptors (Lipinski definition) is 5. The highest BCUT2D eigenvalue weighted by Crippen LogP contribution is 2.20. The van der Waals surface area contributed by atoms with Gasteiger partial charge in [0.2, 0.25) is 5.91 Å². The van der Waals surface area contributed by atoms with Crippen molar-refractivity contribution in [2.24, 2.45) is 0 Å². The number of rotatable bonds is 5. The Bertz CT molecular complexity index is 631. The van der Waals surface area contributed by atoms with E-state index in [9.17, 15) is 4.79 Å². The van der Waals surface area contributed by atoms with Crippen LogP contribution in [0.5, 0.6) is 0 Å². The molecule has 3 N–H and O–H groups in total. The van der Waals surface area contributed by atoms with Crippen LogP contribution >= 0.6 is 15.9 Å². The molecule has 22 heavy (non-hydrogen) atoms. The lowest BCUT2D eigenvalue weighted by atomic mass is 10.1. The van der Waals surface area contributed by atoms with Crippen LogP contribution in [-0.2, 0) is 11.3 Å². The van der Waals surface area contributed by atoms with E-state index in [2.05, 4.69) is 42.2 Å². The van der Waals surface area contributed by atoms with Crippen molar-refractivity contribution in [3.05, 3.63) is 47.0 Å². The van der Waals surface area contributed by atoms with Crippen LogP contribution in [0.3, 0.4) is 0 Å². The summed E-state index contributed by atoms with van der Waals surface area (Å²) in [7, 11) is 0. The molecule has 1 aliphatic heterocycles. The molecule has 2 aromatic rings. The van der Waals surface area contributed by atoms with Crippen molar-refractivity contribution < 1.29 is 4.79 Å². The van der Waals surface area contributed by atoms with Gasteiger partial charge in [-0.25, -0.2) is 10.9 Å². The third-order valence-corrected chi connectivity index (χ3v) is 3.93.